The second kappa shape index (κ2) is 4.88. The van der Waals surface area contributed by atoms with Gasteiger partial charge in [0.25, 0.3) is 0 Å². The van der Waals surface area contributed by atoms with E-state index < -0.39 is 0 Å². The van der Waals surface area contributed by atoms with Gasteiger partial charge in [-0.1, -0.05) is 19.3 Å². The summed E-state index contributed by atoms with van der Waals surface area (Å²) in [6.45, 7) is 0.113. The Morgan fingerprint density at radius 3 is 2.86 bits per heavy atom. The van der Waals surface area contributed by atoms with Crippen molar-refractivity contribution in [2.45, 2.75) is 44.6 Å². The molecule has 0 saturated heterocycles. The maximum atomic E-state index is 9.79. The van der Waals surface area contributed by atoms with Crippen LogP contribution in [0, 0.1) is 0 Å². The third-order valence-electron chi connectivity index (χ3n) is 4.94. The summed E-state index contributed by atoms with van der Waals surface area (Å²) in [5.41, 5.74) is 4.69. The minimum absolute atomic E-state index is 0.113. The smallest absolute Gasteiger partial charge is 0.143 e. The van der Waals surface area contributed by atoms with E-state index in [1.54, 1.807) is 0 Å². The Morgan fingerprint density at radius 1 is 1.29 bits per heavy atom. The number of hydrogen-bond acceptors (Lipinski definition) is 2. The summed E-state index contributed by atoms with van der Waals surface area (Å²) in [5.74, 6) is 0.580. The predicted molar refractivity (Wildman–Crippen MR) is 83.4 cm³/mol. The van der Waals surface area contributed by atoms with Gasteiger partial charge >= 0.3 is 0 Å². The lowest BCUT2D eigenvalue weighted by Crippen LogP contribution is -2.06. The molecule has 0 radical (unpaired) electrons. The number of aromatic nitrogens is 3. The number of rotatable bonds is 2. The molecule has 1 N–H and O–H groups in total. The molecule has 3 aromatic heterocycles. The van der Waals surface area contributed by atoms with Crippen LogP contribution in [0.25, 0.3) is 16.6 Å². The van der Waals surface area contributed by atoms with Gasteiger partial charge in [-0.25, -0.2) is 4.98 Å². The van der Waals surface area contributed by atoms with Crippen molar-refractivity contribution >= 4 is 16.6 Å². The predicted octanol–water partition coefficient (Wildman–Crippen LogP) is 3.37. The summed E-state index contributed by atoms with van der Waals surface area (Å²) in [5, 5.41) is 11.0. The van der Waals surface area contributed by atoms with Crippen LogP contribution in [-0.4, -0.2) is 19.1 Å². The van der Waals surface area contributed by atoms with Crippen LogP contribution in [0.15, 0.2) is 24.8 Å². The first-order valence-electron chi connectivity index (χ1n) is 7.84. The molecule has 0 amide bonds. The largest absolute Gasteiger partial charge is 0.392 e. The molecule has 0 bridgehead atoms. The summed E-state index contributed by atoms with van der Waals surface area (Å²) < 4.78 is 4.16. The van der Waals surface area contributed by atoms with Gasteiger partial charge in [0.15, 0.2) is 0 Å². The highest BCUT2D eigenvalue weighted by Gasteiger charge is 2.24. The molecule has 0 atom stereocenters. The van der Waals surface area contributed by atoms with Crippen molar-refractivity contribution in [3.8, 4) is 0 Å². The van der Waals surface area contributed by atoms with Crippen molar-refractivity contribution in [1.82, 2.24) is 14.0 Å². The number of aliphatic hydroxyl groups excluding tert-OH is 1. The van der Waals surface area contributed by atoms with Gasteiger partial charge in [-0.15, -0.1) is 0 Å². The van der Waals surface area contributed by atoms with Crippen LogP contribution in [0.4, 0.5) is 0 Å². The highest BCUT2D eigenvalue weighted by Crippen LogP contribution is 2.39. The molecule has 0 spiro atoms. The lowest BCUT2D eigenvalue weighted by molar-refractivity contribution is 0.279. The van der Waals surface area contributed by atoms with Crippen molar-refractivity contribution < 1.29 is 5.11 Å². The number of aryl methyl sites for hydroxylation is 1. The molecule has 1 aliphatic carbocycles. The molecule has 4 nitrogen and oxygen atoms in total. The van der Waals surface area contributed by atoms with Gasteiger partial charge in [-0.3, -0.25) is 0 Å². The molecule has 0 aliphatic heterocycles. The van der Waals surface area contributed by atoms with Crippen molar-refractivity contribution in [3.63, 3.8) is 0 Å². The Bertz CT molecular complexity index is 793. The topological polar surface area (TPSA) is 42.5 Å². The van der Waals surface area contributed by atoms with E-state index in [1.807, 2.05) is 13.4 Å². The number of fused-ring (bicyclic) bond motifs is 3. The fourth-order valence-electron chi connectivity index (χ4n) is 3.92. The van der Waals surface area contributed by atoms with E-state index >= 15 is 0 Å². The molecule has 21 heavy (non-hydrogen) atoms. The molecular weight excluding hydrogens is 262 g/mol. The highest BCUT2D eigenvalue weighted by atomic mass is 16.3. The second-order valence-electron chi connectivity index (χ2n) is 6.23. The van der Waals surface area contributed by atoms with Gasteiger partial charge in [0.2, 0.25) is 0 Å². The Balaban J connectivity index is 2.03. The van der Waals surface area contributed by atoms with Crippen LogP contribution in [0.2, 0.25) is 0 Å². The number of hydrogen-bond donors (Lipinski definition) is 1. The number of nitrogens with zero attached hydrogens (tertiary/aromatic N) is 3. The summed E-state index contributed by atoms with van der Waals surface area (Å²) in [6, 6.07) is 2.14. The Labute approximate surface area is 124 Å². The first-order chi connectivity index (χ1) is 10.3. The molecule has 4 rings (SSSR count). The van der Waals surface area contributed by atoms with E-state index in [9.17, 15) is 5.11 Å². The van der Waals surface area contributed by atoms with Gasteiger partial charge in [-0.05, 0) is 36.0 Å². The molecule has 0 unspecified atom stereocenters. The lowest BCUT2D eigenvalue weighted by atomic mass is 9.82. The Morgan fingerprint density at radius 2 is 2.10 bits per heavy atom. The van der Waals surface area contributed by atoms with Crippen LogP contribution in [-0.2, 0) is 13.7 Å². The first-order valence-corrected chi connectivity index (χ1v) is 7.84. The van der Waals surface area contributed by atoms with E-state index in [-0.39, 0.29) is 6.61 Å². The van der Waals surface area contributed by atoms with Crippen LogP contribution < -0.4 is 0 Å². The number of aliphatic hydroxyl groups is 1. The zero-order valence-electron chi connectivity index (χ0n) is 12.4. The normalized spacial score (nSPS) is 17.0. The van der Waals surface area contributed by atoms with E-state index in [4.69, 9.17) is 0 Å². The molecule has 110 valence electrons. The van der Waals surface area contributed by atoms with Gasteiger partial charge < -0.3 is 14.1 Å². The van der Waals surface area contributed by atoms with Crippen molar-refractivity contribution in [2.75, 3.05) is 0 Å². The second-order valence-corrected chi connectivity index (χ2v) is 6.23. The fourth-order valence-corrected chi connectivity index (χ4v) is 3.92. The van der Waals surface area contributed by atoms with Crippen LogP contribution in [0.5, 0.6) is 0 Å². The molecule has 4 heteroatoms. The van der Waals surface area contributed by atoms with Gasteiger partial charge in [0.1, 0.15) is 12.0 Å². The molecule has 3 aromatic rings. The van der Waals surface area contributed by atoms with E-state index in [0.29, 0.717) is 5.92 Å². The van der Waals surface area contributed by atoms with Gasteiger partial charge in [0, 0.05) is 24.8 Å². The van der Waals surface area contributed by atoms with Crippen LogP contribution in [0.3, 0.4) is 0 Å². The summed E-state index contributed by atoms with van der Waals surface area (Å²) in [6.07, 6.45) is 12.4. The molecule has 3 heterocycles. The average molecular weight is 283 g/mol. The average Bonchev–Trinajstić information content (AvgIpc) is 3.08. The van der Waals surface area contributed by atoms with E-state index in [0.717, 1.165) is 11.2 Å². The summed E-state index contributed by atoms with van der Waals surface area (Å²) in [7, 11) is 2.03. The minimum atomic E-state index is 0.113. The lowest BCUT2D eigenvalue weighted by Gasteiger charge is -2.22. The molecule has 0 aromatic carbocycles. The zero-order chi connectivity index (χ0) is 14.4. The van der Waals surface area contributed by atoms with Crippen molar-refractivity contribution in [2.24, 2.45) is 7.05 Å². The SMILES string of the molecule is Cn1ccc2c1ncn1cc(CO)c(C3CCCCC3)c21. The first kappa shape index (κ1) is 12.9. The Hall–Kier alpha value is -1.81. The zero-order valence-corrected chi connectivity index (χ0v) is 12.4. The standard InChI is InChI=1S/C17H21N3O/c1-19-8-7-14-16-15(12-5-3-2-4-6-12)13(10-21)9-20(16)11-18-17(14)19/h7-9,11-12,21H,2-6,10H2,1H3. The highest BCUT2D eigenvalue weighted by molar-refractivity contribution is 5.95. The van der Waals surface area contributed by atoms with Crippen LogP contribution >= 0.6 is 0 Å². The fraction of sp³-hybridized carbons (Fsp3) is 0.471. The van der Waals surface area contributed by atoms with Gasteiger partial charge in [0.05, 0.1) is 12.1 Å². The Kier molecular flexibility index (Phi) is 3.00. The third kappa shape index (κ3) is 1.89. The minimum Gasteiger partial charge on any atom is -0.392 e. The monoisotopic (exact) mass is 283 g/mol. The van der Waals surface area contributed by atoms with E-state index in [1.165, 1.54) is 48.6 Å². The molecule has 1 saturated carbocycles. The van der Waals surface area contributed by atoms with Crippen molar-refractivity contribution in [3.05, 3.63) is 35.9 Å². The molecular formula is C17H21N3O. The van der Waals surface area contributed by atoms with Gasteiger partial charge in [-0.2, -0.15) is 0 Å². The van der Waals surface area contributed by atoms with Crippen molar-refractivity contribution in [1.29, 1.82) is 0 Å². The summed E-state index contributed by atoms with van der Waals surface area (Å²) >= 11 is 0. The van der Waals surface area contributed by atoms with E-state index in [2.05, 4.69) is 32.4 Å². The maximum Gasteiger partial charge on any atom is 0.143 e. The maximum absolute atomic E-state index is 9.79. The molecule has 1 aliphatic rings. The third-order valence-corrected chi connectivity index (χ3v) is 4.94. The molecule has 1 fully saturated rings. The quantitative estimate of drug-likeness (QED) is 0.783. The van der Waals surface area contributed by atoms with Crippen LogP contribution in [0.1, 0.15) is 49.1 Å². The summed E-state index contributed by atoms with van der Waals surface area (Å²) in [4.78, 5) is 4.55.